The van der Waals surface area contributed by atoms with Crippen molar-refractivity contribution in [3.05, 3.63) is 70.7 Å². The Kier molecular flexibility index (Phi) is 4.31. The van der Waals surface area contributed by atoms with Crippen LogP contribution in [0.1, 0.15) is 5.56 Å². The number of carbonyl (C=O) groups excluding carboxylic acids is 1. The van der Waals surface area contributed by atoms with Gasteiger partial charge in [-0.15, -0.1) is 0 Å². The van der Waals surface area contributed by atoms with Crippen LogP contribution in [0.5, 0.6) is 0 Å². The van der Waals surface area contributed by atoms with Gasteiger partial charge in [-0.25, -0.2) is 0 Å². The van der Waals surface area contributed by atoms with Crippen LogP contribution in [0.15, 0.2) is 65.1 Å². The first-order valence-corrected chi connectivity index (χ1v) is 6.33. The third kappa shape index (κ3) is 3.86. The highest BCUT2D eigenvalue weighted by Crippen LogP contribution is 2.13. The minimum Gasteiger partial charge on any atom is -0.323 e. The van der Waals surface area contributed by atoms with Crippen LogP contribution >= 0.6 is 15.9 Å². The second-order valence-corrected chi connectivity index (χ2v) is 4.66. The quantitative estimate of drug-likeness (QED) is 0.850. The van der Waals surface area contributed by atoms with Crippen molar-refractivity contribution in [2.45, 2.75) is 0 Å². The zero-order valence-corrected chi connectivity index (χ0v) is 11.2. The molecule has 1 N–H and O–H groups in total. The molecule has 2 rings (SSSR count). The fraction of sp³-hybridized carbons (Fsp3) is 0. The lowest BCUT2D eigenvalue weighted by Crippen LogP contribution is -2.07. The Morgan fingerprint density at radius 3 is 2.56 bits per heavy atom. The Morgan fingerprint density at radius 1 is 1.06 bits per heavy atom. The maximum absolute atomic E-state index is 11.7. The highest BCUT2D eigenvalue weighted by molar-refractivity contribution is 9.10. The molecular formula is C15H12BrNO. The molecule has 1 amide bonds. The monoisotopic (exact) mass is 301 g/mol. The predicted octanol–water partition coefficient (Wildman–Crippen LogP) is 4.10. The average Bonchev–Trinajstić information content (AvgIpc) is 2.38. The normalized spacial score (nSPS) is 10.5. The topological polar surface area (TPSA) is 29.1 Å². The molecule has 0 aliphatic heterocycles. The summed E-state index contributed by atoms with van der Waals surface area (Å²) in [5.41, 5.74) is 1.77. The van der Waals surface area contributed by atoms with Gasteiger partial charge < -0.3 is 5.32 Å². The molecule has 3 heteroatoms. The molecule has 0 fully saturated rings. The van der Waals surface area contributed by atoms with Gasteiger partial charge in [0.2, 0.25) is 5.91 Å². The van der Waals surface area contributed by atoms with Gasteiger partial charge in [0.1, 0.15) is 0 Å². The molecule has 0 bridgehead atoms. The minimum absolute atomic E-state index is 0.138. The fourth-order valence-corrected chi connectivity index (χ4v) is 1.90. The Labute approximate surface area is 114 Å². The Morgan fingerprint density at radius 2 is 1.83 bits per heavy atom. The molecule has 0 aromatic heterocycles. The molecule has 2 nitrogen and oxygen atoms in total. The van der Waals surface area contributed by atoms with Crippen molar-refractivity contribution in [1.82, 2.24) is 0 Å². The summed E-state index contributed by atoms with van der Waals surface area (Å²) in [6.07, 6.45) is 3.30. The summed E-state index contributed by atoms with van der Waals surface area (Å²) in [5.74, 6) is -0.138. The van der Waals surface area contributed by atoms with Crippen LogP contribution in [-0.4, -0.2) is 5.91 Å². The molecule has 0 aliphatic rings. The van der Waals surface area contributed by atoms with E-state index in [4.69, 9.17) is 0 Å². The largest absolute Gasteiger partial charge is 0.323 e. The molecule has 0 spiro atoms. The Hall–Kier alpha value is -1.87. The third-order valence-electron chi connectivity index (χ3n) is 2.32. The van der Waals surface area contributed by atoms with E-state index in [9.17, 15) is 4.79 Å². The van der Waals surface area contributed by atoms with Gasteiger partial charge in [-0.1, -0.05) is 46.3 Å². The predicted molar refractivity (Wildman–Crippen MR) is 78.2 cm³/mol. The van der Waals surface area contributed by atoms with Crippen molar-refractivity contribution in [3.63, 3.8) is 0 Å². The van der Waals surface area contributed by atoms with Crippen molar-refractivity contribution >= 4 is 33.6 Å². The molecule has 0 saturated heterocycles. The van der Waals surface area contributed by atoms with E-state index in [1.807, 2.05) is 54.6 Å². The van der Waals surface area contributed by atoms with E-state index in [0.29, 0.717) is 0 Å². The van der Waals surface area contributed by atoms with Crippen LogP contribution in [0, 0.1) is 0 Å². The van der Waals surface area contributed by atoms with Crippen molar-refractivity contribution in [2.24, 2.45) is 0 Å². The molecule has 90 valence electrons. The van der Waals surface area contributed by atoms with Crippen LogP contribution in [-0.2, 0) is 4.79 Å². The van der Waals surface area contributed by atoms with Gasteiger partial charge in [-0.3, -0.25) is 4.79 Å². The Balaban J connectivity index is 1.99. The first-order valence-electron chi connectivity index (χ1n) is 5.54. The van der Waals surface area contributed by atoms with Gasteiger partial charge in [-0.2, -0.15) is 0 Å². The molecule has 2 aromatic rings. The molecular weight excluding hydrogens is 290 g/mol. The summed E-state index contributed by atoms with van der Waals surface area (Å²) in [6, 6.07) is 17.1. The summed E-state index contributed by atoms with van der Waals surface area (Å²) in [5, 5.41) is 2.79. The SMILES string of the molecule is O=C(C=Cc1cccc(Br)c1)Nc1ccccc1. The first-order chi connectivity index (χ1) is 8.74. The van der Waals surface area contributed by atoms with E-state index in [2.05, 4.69) is 21.2 Å². The summed E-state index contributed by atoms with van der Waals surface area (Å²) >= 11 is 3.39. The molecule has 0 unspecified atom stereocenters. The van der Waals surface area contributed by atoms with Gasteiger partial charge >= 0.3 is 0 Å². The number of hydrogen-bond donors (Lipinski definition) is 1. The summed E-state index contributed by atoms with van der Waals surface area (Å²) in [4.78, 5) is 11.7. The minimum atomic E-state index is -0.138. The number of benzene rings is 2. The highest BCUT2D eigenvalue weighted by Gasteiger charge is 1.96. The number of hydrogen-bond acceptors (Lipinski definition) is 1. The van der Waals surface area contributed by atoms with E-state index in [0.717, 1.165) is 15.7 Å². The van der Waals surface area contributed by atoms with E-state index >= 15 is 0 Å². The zero-order chi connectivity index (χ0) is 12.8. The van der Waals surface area contributed by atoms with Crippen LogP contribution in [0.3, 0.4) is 0 Å². The number of rotatable bonds is 3. The second kappa shape index (κ2) is 6.17. The van der Waals surface area contributed by atoms with Gasteiger partial charge in [0.25, 0.3) is 0 Å². The van der Waals surface area contributed by atoms with Gasteiger partial charge in [0, 0.05) is 16.2 Å². The van der Waals surface area contributed by atoms with E-state index < -0.39 is 0 Å². The third-order valence-corrected chi connectivity index (χ3v) is 2.81. The van der Waals surface area contributed by atoms with Crippen molar-refractivity contribution in [2.75, 3.05) is 5.32 Å². The second-order valence-electron chi connectivity index (χ2n) is 3.74. The highest BCUT2D eigenvalue weighted by atomic mass is 79.9. The first kappa shape index (κ1) is 12.6. The molecule has 0 aliphatic carbocycles. The van der Waals surface area contributed by atoms with Gasteiger partial charge in [0.05, 0.1) is 0 Å². The molecule has 18 heavy (non-hydrogen) atoms. The number of halogens is 1. The Bertz CT molecular complexity index is 564. The maximum Gasteiger partial charge on any atom is 0.248 e. The zero-order valence-electron chi connectivity index (χ0n) is 9.64. The fourth-order valence-electron chi connectivity index (χ4n) is 1.49. The van der Waals surface area contributed by atoms with Crippen LogP contribution in [0.2, 0.25) is 0 Å². The molecule has 0 heterocycles. The maximum atomic E-state index is 11.7. The van der Waals surface area contributed by atoms with Crippen LogP contribution < -0.4 is 5.32 Å². The van der Waals surface area contributed by atoms with Gasteiger partial charge in [0.15, 0.2) is 0 Å². The van der Waals surface area contributed by atoms with Crippen molar-refractivity contribution in [1.29, 1.82) is 0 Å². The lowest BCUT2D eigenvalue weighted by atomic mass is 10.2. The van der Waals surface area contributed by atoms with Crippen LogP contribution in [0.4, 0.5) is 5.69 Å². The van der Waals surface area contributed by atoms with Crippen LogP contribution in [0.25, 0.3) is 6.08 Å². The van der Waals surface area contributed by atoms with E-state index in [1.165, 1.54) is 6.08 Å². The molecule has 0 saturated carbocycles. The average molecular weight is 302 g/mol. The van der Waals surface area contributed by atoms with E-state index in [1.54, 1.807) is 6.08 Å². The number of carbonyl (C=O) groups is 1. The van der Waals surface area contributed by atoms with Crippen molar-refractivity contribution < 1.29 is 4.79 Å². The lowest BCUT2D eigenvalue weighted by Gasteiger charge is -2.00. The molecule has 0 radical (unpaired) electrons. The summed E-state index contributed by atoms with van der Waals surface area (Å²) < 4.78 is 0.994. The number of anilines is 1. The molecule has 2 aromatic carbocycles. The molecule has 0 atom stereocenters. The summed E-state index contributed by atoms with van der Waals surface area (Å²) in [7, 11) is 0. The number of amides is 1. The smallest absolute Gasteiger partial charge is 0.248 e. The van der Waals surface area contributed by atoms with E-state index in [-0.39, 0.29) is 5.91 Å². The number of nitrogens with one attached hydrogen (secondary N) is 1. The van der Waals surface area contributed by atoms with Gasteiger partial charge in [-0.05, 0) is 35.9 Å². The number of para-hydroxylation sites is 1. The summed E-state index contributed by atoms with van der Waals surface area (Å²) in [6.45, 7) is 0. The standard InChI is InChI=1S/C15H12BrNO/c16-13-6-4-5-12(11-13)9-10-15(18)17-14-7-2-1-3-8-14/h1-11H,(H,17,18). The lowest BCUT2D eigenvalue weighted by molar-refractivity contribution is -0.111. The van der Waals surface area contributed by atoms with Crippen molar-refractivity contribution in [3.8, 4) is 0 Å².